The summed E-state index contributed by atoms with van der Waals surface area (Å²) < 4.78 is 6.82. The number of fused-ring (bicyclic) bond motifs is 1. The molecule has 9 nitrogen and oxygen atoms in total. The Morgan fingerprint density at radius 1 is 1.19 bits per heavy atom. The summed E-state index contributed by atoms with van der Waals surface area (Å²) in [6.45, 7) is 2.39. The van der Waals surface area contributed by atoms with E-state index in [0.29, 0.717) is 6.54 Å². The van der Waals surface area contributed by atoms with E-state index in [4.69, 9.17) is 4.74 Å². The van der Waals surface area contributed by atoms with Gasteiger partial charge in [0, 0.05) is 18.6 Å². The van der Waals surface area contributed by atoms with Gasteiger partial charge < -0.3 is 24.8 Å². The van der Waals surface area contributed by atoms with Crippen molar-refractivity contribution < 1.29 is 19.1 Å². The summed E-state index contributed by atoms with van der Waals surface area (Å²) in [5, 5.41) is 5.89. The second-order valence-electron chi connectivity index (χ2n) is 9.03. The number of hydrogen-bond donors (Lipinski definition) is 2. The van der Waals surface area contributed by atoms with E-state index in [0.717, 1.165) is 37.0 Å². The Bertz CT molecular complexity index is 1070. The highest BCUT2D eigenvalue weighted by molar-refractivity contribution is 6.07. The maximum absolute atomic E-state index is 13.5. The average Bonchev–Trinajstić information content (AvgIpc) is 3.72. The van der Waals surface area contributed by atoms with Crippen LogP contribution in [0, 0.1) is 0 Å². The van der Waals surface area contributed by atoms with Gasteiger partial charge in [0.1, 0.15) is 17.0 Å². The number of methoxy groups -OCH3 is 1. The van der Waals surface area contributed by atoms with Crippen molar-refractivity contribution in [3.8, 4) is 5.75 Å². The van der Waals surface area contributed by atoms with Gasteiger partial charge in [0.05, 0.1) is 20.0 Å². The van der Waals surface area contributed by atoms with E-state index in [1.807, 2.05) is 24.3 Å². The lowest BCUT2D eigenvalue weighted by molar-refractivity contribution is -0.133. The van der Waals surface area contributed by atoms with Crippen LogP contribution < -0.4 is 15.4 Å². The first-order valence-electron chi connectivity index (χ1n) is 11.0. The van der Waals surface area contributed by atoms with Crippen LogP contribution in [0.4, 0.5) is 0 Å². The molecule has 2 aromatic rings. The molecule has 1 aromatic carbocycles. The van der Waals surface area contributed by atoms with E-state index in [9.17, 15) is 14.4 Å². The summed E-state index contributed by atoms with van der Waals surface area (Å²) in [5.74, 6) is -0.104. The molecule has 0 radical (unpaired) electrons. The average molecular weight is 438 g/mol. The molecule has 0 spiro atoms. The van der Waals surface area contributed by atoms with Crippen LogP contribution in [0.5, 0.6) is 5.75 Å². The molecule has 1 atom stereocenters. The number of nitrogens with one attached hydrogen (secondary N) is 2. The van der Waals surface area contributed by atoms with E-state index >= 15 is 0 Å². The number of carbonyl (C=O) groups is 3. The van der Waals surface area contributed by atoms with Crippen LogP contribution in [0.15, 0.2) is 30.6 Å². The highest BCUT2D eigenvalue weighted by atomic mass is 16.5. The van der Waals surface area contributed by atoms with Crippen molar-refractivity contribution in [1.82, 2.24) is 25.1 Å². The van der Waals surface area contributed by atoms with Gasteiger partial charge in [0.2, 0.25) is 5.91 Å². The molecular weight excluding hydrogens is 410 g/mol. The summed E-state index contributed by atoms with van der Waals surface area (Å²) in [6.07, 6.45) is 5.11. The summed E-state index contributed by atoms with van der Waals surface area (Å²) in [6, 6.07) is 7.65. The van der Waals surface area contributed by atoms with Crippen LogP contribution in [0.3, 0.4) is 0 Å². The van der Waals surface area contributed by atoms with Crippen molar-refractivity contribution in [3.63, 3.8) is 0 Å². The molecule has 5 rings (SSSR count). The molecule has 0 bridgehead atoms. The summed E-state index contributed by atoms with van der Waals surface area (Å²) in [7, 11) is 1.61. The number of benzene rings is 1. The molecular formula is C23H27N5O4. The van der Waals surface area contributed by atoms with E-state index < -0.39 is 5.54 Å². The Hall–Kier alpha value is -3.36. The lowest BCUT2D eigenvalue weighted by Gasteiger charge is -2.44. The molecule has 3 aliphatic rings. The Labute approximate surface area is 186 Å². The number of carbonyl (C=O) groups excluding carboxylic acids is 3. The second kappa shape index (κ2) is 7.65. The van der Waals surface area contributed by atoms with E-state index in [2.05, 4.69) is 15.6 Å². The van der Waals surface area contributed by atoms with Gasteiger partial charge in [0.25, 0.3) is 11.8 Å². The van der Waals surface area contributed by atoms with Crippen LogP contribution >= 0.6 is 0 Å². The Kier molecular flexibility index (Phi) is 4.91. The Balaban J connectivity index is 1.38. The van der Waals surface area contributed by atoms with Crippen LogP contribution in [0.1, 0.15) is 59.1 Å². The molecule has 1 unspecified atom stereocenters. The normalized spacial score (nSPS) is 22.3. The van der Waals surface area contributed by atoms with Crippen molar-refractivity contribution in [2.75, 3.05) is 7.11 Å². The summed E-state index contributed by atoms with van der Waals surface area (Å²) >= 11 is 0. The molecule has 32 heavy (non-hydrogen) atoms. The highest BCUT2D eigenvalue weighted by Crippen LogP contribution is 2.39. The Morgan fingerprint density at radius 2 is 1.91 bits per heavy atom. The zero-order chi connectivity index (χ0) is 22.5. The van der Waals surface area contributed by atoms with Gasteiger partial charge in [-0.15, -0.1) is 0 Å². The number of rotatable bonds is 7. The fourth-order valence-electron chi connectivity index (χ4n) is 4.32. The number of imidazole rings is 1. The molecule has 2 aliphatic carbocycles. The highest BCUT2D eigenvalue weighted by Gasteiger charge is 2.53. The maximum atomic E-state index is 13.5. The van der Waals surface area contributed by atoms with Crippen LogP contribution in [-0.2, 0) is 17.9 Å². The zero-order valence-corrected chi connectivity index (χ0v) is 18.3. The molecule has 2 heterocycles. The van der Waals surface area contributed by atoms with Gasteiger partial charge in [-0.05, 0) is 50.3 Å². The first-order chi connectivity index (χ1) is 15.4. The van der Waals surface area contributed by atoms with E-state index in [1.165, 1.54) is 6.33 Å². The zero-order valence-electron chi connectivity index (χ0n) is 18.3. The van der Waals surface area contributed by atoms with Crippen LogP contribution in [0.2, 0.25) is 0 Å². The molecule has 2 N–H and O–H groups in total. The molecule has 1 aromatic heterocycles. The van der Waals surface area contributed by atoms with Gasteiger partial charge in [-0.3, -0.25) is 14.4 Å². The minimum atomic E-state index is -1.07. The lowest BCUT2D eigenvalue weighted by Crippen LogP contribution is -2.64. The van der Waals surface area contributed by atoms with Gasteiger partial charge in [-0.2, -0.15) is 0 Å². The van der Waals surface area contributed by atoms with Crippen molar-refractivity contribution >= 4 is 17.7 Å². The third-order valence-corrected chi connectivity index (χ3v) is 6.41. The topological polar surface area (TPSA) is 106 Å². The number of ether oxygens (including phenoxy) is 1. The molecule has 0 saturated heterocycles. The summed E-state index contributed by atoms with van der Waals surface area (Å²) in [5.41, 5.74) is 0.289. The first kappa shape index (κ1) is 20.5. The standard InChI is InChI=1S/C23H27N5O4/c1-23(22(31)24-11-14-3-9-17(32-2)10-4-14)12-27-13-25-18(20(29)26-15-5-6-15)19(27)21(30)28(23)16-7-8-16/h3-4,9-10,13,15-16H,5-8,11-12H2,1-2H3,(H,24,31)(H,26,29). The SMILES string of the molecule is COc1ccc(CNC(=O)C2(C)Cn3cnc(C(=O)NC4CC4)c3C(=O)N2C2CC2)cc1. The number of hydrogen-bond acceptors (Lipinski definition) is 5. The first-order valence-corrected chi connectivity index (χ1v) is 11.0. The third kappa shape index (κ3) is 3.61. The second-order valence-corrected chi connectivity index (χ2v) is 9.03. The smallest absolute Gasteiger partial charge is 0.274 e. The van der Waals surface area contributed by atoms with E-state index in [1.54, 1.807) is 23.5 Å². The van der Waals surface area contributed by atoms with E-state index in [-0.39, 0.29) is 47.7 Å². The van der Waals surface area contributed by atoms with Crippen LogP contribution in [-0.4, -0.2) is 56.9 Å². The fourth-order valence-corrected chi connectivity index (χ4v) is 4.32. The Morgan fingerprint density at radius 3 is 2.53 bits per heavy atom. The van der Waals surface area contributed by atoms with Gasteiger partial charge >= 0.3 is 0 Å². The predicted octanol–water partition coefficient (Wildman–Crippen LogP) is 1.48. The van der Waals surface area contributed by atoms with Crippen molar-refractivity contribution in [1.29, 1.82) is 0 Å². The third-order valence-electron chi connectivity index (χ3n) is 6.41. The van der Waals surface area contributed by atoms with Crippen molar-refractivity contribution in [2.24, 2.45) is 0 Å². The molecule has 9 heteroatoms. The van der Waals surface area contributed by atoms with Crippen molar-refractivity contribution in [3.05, 3.63) is 47.5 Å². The number of amides is 3. The molecule has 3 amide bonds. The fraction of sp³-hybridized carbons (Fsp3) is 0.478. The monoisotopic (exact) mass is 437 g/mol. The van der Waals surface area contributed by atoms with Gasteiger partial charge in [-0.25, -0.2) is 4.98 Å². The summed E-state index contributed by atoms with van der Waals surface area (Å²) in [4.78, 5) is 45.4. The molecule has 1 aliphatic heterocycles. The maximum Gasteiger partial charge on any atom is 0.274 e. The number of aromatic nitrogens is 2. The minimum absolute atomic E-state index is 0.00206. The van der Waals surface area contributed by atoms with Gasteiger partial charge in [-0.1, -0.05) is 12.1 Å². The molecule has 2 fully saturated rings. The largest absolute Gasteiger partial charge is 0.497 e. The minimum Gasteiger partial charge on any atom is -0.497 e. The van der Waals surface area contributed by atoms with Crippen LogP contribution in [0.25, 0.3) is 0 Å². The van der Waals surface area contributed by atoms with Crippen molar-refractivity contribution in [2.45, 2.75) is 63.3 Å². The lowest BCUT2D eigenvalue weighted by atomic mass is 9.93. The van der Waals surface area contributed by atoms with Gasteiger partial charge in [0.15, 0.2) is 5.69 Å². The predicted molar refractivity (Wildman–Crippen MR) is 115 cm³/mol. The molecule has 168 valence electrons. The number of nitrogens with zero attached hydrogens (tertiary/aromatic N) is 3. The quantitative estimate of drug-likeness (QED) is 0.683. The molecule has 2 saturated carbocycles.